The summed E-state index contributed by atoms with van der Waals surface area (Å²) in [6.45, 7) is 9.12. The van der Waals surface area contributed by atoms with Crippen LogP contribution < -0.4 is 31.6 Å². The zero-order valence-corrected chi connectivity index (χ0v) is 30.8. The lowest BCUT2D eigenvalue weighted by Gasteiger charge is -2.32. The highest BCUT2D eigenvalue weighted by molar-refractivity contribution is 5.76. The standard InChI is InChI=1S/C23H28FN5O2.C16H22N4O2/c1-16-20(24)11-17(13-25-16)14-26-18-5-7-28(8-6-18)9-10-29-22-12-19(31-2)15-27-21(22)3-4-23(29)30;1-22-13-10-15-14(18-11-13)2-3-16(21)20(15)9-8-19-6-4-12(17)5-7-19/h3-4,11-13,15,18,26H,5-10,14H2,1-2H3;2-3,10-12H,4-9,17H2,1H3. The molecule has 0 spiro atoms. The summed E-state index contributed by atoms with van der Waals surface area (Å²) in [5.41, 5.74) is 10.4. The number of methoxy groups -OCH3 is 2. The molecule has 282 valence electrons. The smallest absolute Gasteiger partial charge is 0.251 e. The van der Waals surface area contributed by atoms with E-state index >= 15 is 0 Å². The number of nitrogens with two attached hydrogens (primary N) is 1. The molecule has 0 saturated carbocycles. The number of aromatic nitrogens is 5. The molecular formula is C39H50FN9O4. The van der Waals surface area contributed by atoms with E-state index < -0.39 is 0 Å². The van der Waals surface area contributed by atoms with Gasteiger partial charge >= 0.3 is 0 Å². The van der Waals surface area contributed by atoms with Crippen LogP contribution in [-0.4, -0.2) is 99.5 Å². The van der Waals surface area contributed by atoms with Crippen LogP contribution >= 0.6 is 0 Å². The van der Waals surface area contributed by atoms with Gasteiger partial charge < -0.3 is 39.5 Å². The summed E-state index contributed by atoms with van der Waals surface area (Å²) in [6, 6.07) is 12.7. The highest BCUT2D eigenvalue weighted by atomic mass is 19.1. The zero-order valence-electron chi connectivity index (χ0n) is 30.8. The SMILES string of the molecule is COc1cnc2ccc(=O)n(CCN3CCC(N)CC3)c2c1.COc1cnc2ccc(=O)n(CCN3CCC(NCc4cnc(C)c(F)c4)CC3)c2c1. The Morgan fingerprint density at radius 1 is 0.736 bits per heavy atom. The number of likely N-dealkylation sites (tertiary alicyclic amines) is 2. The van der Waals surface area contributed by atoms with Gasteiger partial charge in [-0.15, -0.1) is 0 Å². The maximum atomic E-state index is 13.7. The molecule has 0 unspecified atom stereocenters. The molecule has 0 atom stereocenters. The summed E-state index contributed by atoms with van der Waals surface area (Å²) in [6.07, 6.45) is 9.15. The van der Waals surface area contributed by atoms with E-state index in [9.17, 15) is 14.0 Å². The van der Waals surface area contributed by atoms with Gasteiger partial charge in [0.05, 0.1) is 54.4 Å². The summed E-state index contributed by atoms with van der Waals surface area (Å²) in [4.78, 5) is 42.2. The number of fused-ring (bicyclic) bond motifs is 2. The summed E-state index contributed by atoms with van der Waals surface area (Å²) in [5, 5.41) is 3.51. The van der Waals surface area contributed by atoms with E-state index in [4.69, 9.17) is 15.2 Å². The second-order valence-corrected chi connectivity index (χ2v) is 13.8. The molecule has 0 radical (unpaired) electrons. The van der Waals surface area contributed by atoms with Crippen LogP contribution in [0.4, 0.5) is 4.39 Å². The van der Waals surface area contributed by atoms with Gasteiger partial charge in [-0.05, 0) is 82.5 Å². The van der Waals surface area contributed by atoms with Gasteiger partial charge in [0.25, 0.3) is 11.1 Å². The Morgan fingerprint density at radius 2 is 1.25 bits per heavy atom. The van der Waals surface area contributed by atoms with Crippen molar-refractivity contribution in [2.75, 3.05) is 53.5 Å². The van der Waals surface area contributed by atoms with Gasteiger partial charge in [-0.3, -0.25) is 24.5 Å². The maximum Gasteiger partial charge on any atom is 0.251 e. The topological polar surface area (TPSA) is 146 Å². The third kappa shape index (κ3) is 9.82. The summed E-state index contributed by atoms with van der Waals surface area (Å²) in [5.74, 6) is 1.05. The highest BCUT2D eigenvalue weighted by Crippen LogP contribution is 2.19. The van der Waals surface area contributed by atoms with Gasteiger partial charge in [0.1, 0.15) is 17.3 Å². The number of aryl methyl sites for hydroxylation is 1. The average Bonchev–Trinajstić information content (AvgIpc) is 3.18. The molecule has 53 heavy (non-hydrogen) atoms. The monoisotopic (exact) mass is 727 g/mol. The Labute approximate surface area is 308 Å². The zero-order chi connectivity index (χ0) is 37.3. The normalized spacial score (nSPS) is 16.1. The van der Waals surface area contributed by atoms with E-state index in [1.165, 1.54) is 0 Å². The van der Waals surface area contributed by atoms with Crippen molar-refractivity contribution in [2.24, 2.45) is 5.73 Å². The van der Waals surface area contributed by atoms with Crippen LogP contribution in [0.25, 0.3) is 22.1 Å². The minimum Gasteiger partial charge on any atom is -0.495 e. The van der Waals surface area contributed by atoms with E-state index in [0.717, 1.165) is 92.6 Å². The van der Waals surface area contributed by atoms with Gasteiger partial charge in [-0.25, -0.2) is 4.39 Å². The van der Waals surface area contributed by atoms with Gasteiger partial charge in [0.2, 0.25) is 0 Å². The van der Waals surface area contributed by atoms with Gasteiger partial charge in [0, 0.05) is 75.3 Å². The lowest BCUT2D eigenvalue weighted by Crippen LogP contribution is -2.43. The number of ether oxygens (including phenoxy) is 2. The van der Waals surface area contributed by atoms with Crippen LogP contribution in [0, 0.1) is 12.7 Å². The first-order valence-electron chi connectivity index (χ1n) is 18.3. The first-order valence-corrected chi connectivity index (χ1v) is 18.3. The van der Waals surface area contributed by atoms with Crippen molar-refractivity contribution in [3.63, 3.8) is 0 Å². The van der Waals surface area contributed by atoms with Gasteiger partial charge in [-0.1, -0.05) is 0 Å². The molecule has 0 bridgehead atoms. The van der Waals surface area contributed by atoms with Crippen molar-refractivity contribution in [3.05, 3.63) is 98.8 Å². The fraction of sp³-hybridized carbons (Fsp3) is 0.462. The molecule has 5 aromatic rings. The molecule has 5 aromatic heterocycles. The highest BCUT2D eigenvalue weighted by Gasteiger charge is 2.20. The van der Waals surface area contributed by atoms with Crippen LogP contribution in [0.1, 0.15) is 36.9 Å². The lowest BCUT2D eigenvalue weighted by molar-refractivity contribution is 0.191. The van der Waals surface area contributed by atoms with Crippen LogP contribution in [0.15, 0.2) is 70.6 Å². The number of hydrogen-bond acceptors (Lipinski definition) is 11. The Kier molecular flexibility index (Phi) is 12.8. The molecule has 2 aliphatic heterocycles. The molecule has 2 fully saturated rings. The molecule has 2 aliphatic rings. The fourth-order valence-electron chi connectivity index (χ4n) is 6.91. The minimum atomic E-state index is -0.259. The van der Waals surface area contributed by atoms with E-state index in [0.29, 0.717) is 48.9 Å². The largest absolute Gasteiger partial charge is 0.495 e. The van der Waals surface area contributed by atoms with Gasteiger partial charge in [-0.2, -0.15) is 0 Å². The third-order valence-corrected chi connectivity index (χ3v) is 10.3. The lowest BCUT2D eigenvalue weighted by atomic mass is 10.0. The second kappa shape index (κ2) is 17.8. The first-order chi connectivity index (χ1) is 25.7. The minimum absolute atomic E-state index is 0.00346. The number of rotatable bonds is 11. The van der Waals surface area contributed by atoms with Crippen LogP contribution in [0.5, 0.6) is 11.5 Å². The van der Waals surface area contributed by atoms with Crippen molar-refractivity contribution >= 4 is 22.1 Å². The predicted molar refractivity (Wildman–Crippen MR) is 204 cm³/mol. The number of pyridine rings is 5. The molecule has 7 heterocycles. The molecule has 0 aliphatic carbocycles. The van der Waals surface area contributed by atoms with Crippen molar-refractivity contribution < 1.29 is 13.9 Å². The molecule has 0 amide bonds. The van der Waals surface area contributed by atoms with E-state index in [-0.39, 0.29) is 16.9 Å². The Hall–Kier alpha value is -4.76. The molecule has 0 aromatic carbocycles. The first kappa shape index (κ1) is 38.0. The van der Waals surface area contributed by atoms with E-state index in [1.807, 2.05) is 12.1 Å². The van der Waals surface area contributed by atoms with Crippen LogP contribution in [0.3, 0.4) is 0 Å². The van der Waals surface area contributed by atoms with Crippen LogP contribution in [-0.2, 0) is 19.6 Å². The van der Waals surface area contributed by atoms with Crippen molar-refractivity contribution in [1.82, 2.24) is 39.2 Å². The Balaban J connectivity index is 0.000000192. The second-order valence-electron chi connectivity index (χ2n) is 13.8. The van der Waals surface area contributed by atoms with E-state index in [1.54, 1.807) is 79.2 Å². The molecule has 13 nitrogen and oxygen atoms in total. The van der Waals surface area contributed by atoms with Crippen molar-refractivity contribution in [1.29, 1.82) is 0 Å². The molecule has 3 N–H and O–H groups in total. The van der Waals surface area contributed by atoms with E-state index in [2.05, 4.69) is 30.1 Å². The summed E-state index contributed by atoms with van der Waals surface area (Å²) in [7, 11) is 3.20. The molecule has 7 rings (SSSR count). The third-order valence-electron chi connectivity index (χ3n) is 10.3. The Bertz CT molecular complexity index is 2110. The molecular weight excluding hydrogens is 677 g/mol. The molecule has 14 heteroatoms. The summed E-state index contributed by atoms with van der Waals surface area (Å²) >= 11 is 0. The summed E-state index contributed by atoms with van der Waals surface area (Å²) < 4.78 is 27.7. The molecule has 2 saturated heterocycles. The Morgan fingerprint density at radius 3 is 1.74 bits per heavy atom. The van der Waals surface area contributed by atoms with Gasteiger partial charge in [0.15, 0.2) is 0 Å². The average molecular weight is 728 g/mol. The number of hydrogen-bond donors (Lipinski definition) is 2. The van der Waals surface area contributed by atoms with Crippen molar-refractivity contribution in [2.45, 2.75) is 64.3 Å². The number of piperidine rings is 2. The number of nitrogens with one attached hydrogen (secondary N) is 1. The maximum absolute atomic E-state index is 13.7. The number of nitrogens with zero attached hydrogens (tertiary/aromatic N) is 7. The predicted octanol–water partition coefficient (Wildman–Crippen LogP) is 3.33. The fourth-order valence-corrected chi connectivity index (χ4v) is 6.91. The quantitative estimate of drug-likeness (QED) is 0.207. The van der Waals surface area contributed by atoms with Crippen LogP contribution in [0.2, 0.25) is 0 Å². The number of halogens is 1. The van der Waals surface area contributed by atoms with Crippen molar-refractivity contribution in [3.8, 4) is 11.5 Å².